The summed E-state index contributed by atoms with van der Waals surface area (Å²) in [6.45, 7) is 6.87. The van der Waals surface area contributed by atoms with Crippen molar-refractivity contribution < 1.29 is 9.18 Å². The molecule has 3 unspecified atom stereocenters. The summed E-state index contributed by atoms with van der Waals surface area (Å²) in [4.78, 5) is 28.6. The van der Waals surface area contributed by atoms with Crippen molar-refractivity contribution in [2.75, 3.05) is 31.1 Å². The predicted molar refractivity (Wildman–Crippen MR) is 98.9 cm³/mol. The number of hydrogen-bond acceptors (Lipinski definition) is 6. The Morgan fingerprint density at radius 3 is 2.48 bits per heavy atom. The van der Waals surface area contributed by atoms with Crippen LogP contribution in [0.2, 0.25) is 0 Å². The van der Waals surface area contributed by atoms with Crippen molar-refractivity contribution in [3.05, 3.63) is 24.0 Å². The monoisotopic (exact) mass is 369 g/mol. The summed E-state index contributed by atoms with van der Waals surface area (Å²) in [6, 6.07) is 3.98. The number of guanidine groups is 1. The lowest BCUT2D eigenvalue weighted by Gasteiger charge is -2.25. The Bertz CT molecular complexity index is 983. The molecule has 0 N–H and O–H groups in total. The number of rotatable bonds is 1. The molecule has 2 saturated heterocycles. The van der Waals surface area contributed by atoms with Crippen LogP contribution in [0.1, 0.15) is 12.6 Å². The van der Waals surface area contributed by atoms with Gasteiger partial charge in [0, 0.05) is 55.8 Å². The van der Waals surface area contributed by atoms with Gasteiger partial charge in [0.2, 0.25) is 12.1 Å². The van der Waals surface area contributed by atoms with Gasteiger partial charge >= 0.3 is 0 Å². The second kappa shape index (κ2) is 5.83. The van der Waals surface area contributed by atoms with Crippen molar-refractivity contribution in [1.29, 1.82) is 0 Å². The minimum atomic E-state index is -1.70. The van der Waals surface area contributed by atoms with E-state index in [1.807, 2.05) is 22.4 Å². The molecule has 0 aromatic carbocycles. The van der Waals surface area contributed by atoms with Gasteiger partial charge in [-0.3, -0.25) is 4.79 Å². The average Bonchev–Trinajstić information content (AvgIpc) is 3.32. The van der Waals surface area contributed by atoms with Crippen LogP contribution in [0.15, 0.2) is 28.3 Å². The molecule has 3 aliphatic heterocycles. The second-order valence-corrected chi connectivity index (χ2v) is 7.55. The molecular formula is C18H20FN7O. The van der Waals surface area contributed by atoms with Gasteiger partial charge in [0.25, 0.3) is 5.91 Å². The Kier molecular flexibility index (Phi) is 3.53. The first-order valence-corrected chi connectivity index (χ1v) is 9.12. The van der Waals surface area contributed by atoms with E-state index in [1.165, 1.54) is 6.92 Å². The summed E-state index contributed by atoms with van der Waals surface area (Å²) in [5.41, 5.74) is 2.01. The van der Waals surface area contributed by atoms with Crippen molar-refractivity contribution in [2.45, 2.75) is 20.0 Å². The number of anilines is 1. The number of fused-ring (bicyclic) bond motifs is 2. The third kappa shape index (κ3) is 2.60. The lowest BCUT2D eigenvalue weighted by atomic mass is 10.0. The first-order chi connectivity index (χ1) is 13.0. The Hall–Kier alpha value is -2.84. The average molecular weight is 369 g/mol. The summed E-state index contributed by atoms with van der Waals surface area (Å²) in [5.74, 6) is 1.56. The lowest BCUT2D eigenvalue weighted by molar-refractivity contribution is -0.120. The van der Waals surface area contributed by atoms with E-state index in [1.54, 1.807) is 6.20 Å². The van der Waals surface area contributed by atoms with Crippen LogP contribution in [0.4, 0.5) is 10.2 Å². The number of aryl methyl sites for hydroxylation is 1. The normalized spacial score (nSPS) is 28.0. The maximum atomic E-state index is 13.6. The molecule has 2 fully saturated rings. The second-order valence-electron chi connectivity index (χ2n) is 7.55. The zero-order chi connectivity index (χ0) is 18.7. The topological polar surface area (TPSA) is 78.5 Å². The van der Waals surface area contributed by atoms with Crippen molar-refractivity contribution >= 4 is 29.0 Å². The van der Waals surface area contributed by atoms with Crippen LogP contribution in [-0.4, -0.2) is 69.4 Å². The maximum absolute atomic E-state index is 13.6. The number of carbonyl (C=O) groups excluding carboxylic acids is 1. The van der Waals surface area contributed by atoms with E-state index >= 15 is 0 Å². The predicted octanol–water partition coefficient (Wildman–Crippen LogP) is 1.10. The summed E-state index contributed by atoms with van der Waals surface area (Å²) < 4.78 is 15.5. The van der Waals surface area contributed by atoms with Crippen LogP contribution in [0.5, 0.6) is 0 Å². The van der Waals surface area contributed by atoms with E-state index < -0.39 is 12.1 Å². The van der Waals surface area contributed by atoms with Crippen LogP contribution in [0.3, 0.4) is 0 Å². The van der Waals surface area contributed by atoms with Gasteiger partial charge in [0.15, 0.2) is 5.65 Å². The van der Waals surface area contributed by atoms with Crippen molar-refractivity contribution in [3.8, 4) is 0 Å². The molecule has 3 aliphatic rings. The van der Waals surface area contributed by atoms with Gasteiger partial charge in [0.05, 0.1) is 11.9 Å². The van der Waals surface area contributed by atoms with Crippen molar-refractivity contribution in [3.63, 3.8) is 0 Å². The fraction of sp³-hybridized carbons (Fsp3) is 0.500. The van der Waals surface area contributed by atoms with E-state index in [-0.39, 0.29) is 5.71 Å². The van der Waals surface area contributed by atoms with Crippen LogP contribution in [-0.2, 0) is 4.79 Å². The van der Waals surface area contributed by atoms with Gasteiger partial charge in [0.1, 0.15) is 5.82 Å². The molecular weight excluding hydrogens is 349 g/mol. The molecule has 9 heteroatoms. The van der Waals surface area contributed by atoms with Gasteiger partial charge < -0.3 is 9.80 Å². The Morgan fingerprint density at radius 2 is 1.78 bits per heavy atom. The molecule has 2 aromatic rings. The highest BCUT2D eigenvalue weighted by atomic mass is 19.1. The van der Waals surface area contributed by atoms with Gasteiger partial charge in [-0.05, 0) is 13.8 Å². The summed E-state index contributed by atoms with van der Waals surface area (Å²) in [7, 11) is 0. The van der Waals surface area contributed by atoms with Crippen LogP contribution in [0, 0.1) is 18.8 Å². The molecule has 0 aliphatic carbocycles. The fourth-order valence-electron chi connectivity index (χ4n) is 4.30. The highest BCUT2D eigenvalue weighted by Crippen LogP contribution is 2.34. The number of alkyl halides is 1. The zero-order valence-electron chi connectivity index (χ0n) is 15.2. The van der Waals surface area contributed by atoms with E-state index in [0.717, 1.165) is 43.3 Å². The molecule has 5 heterocycles. The van der Waals surface area contributed by atoms with E-state index in [0.29, 0.717) is 17.8 Å². The zero-order valence-corrected chi connectivity index (χ0v) is 15.2. The summed E-state index contributed by atoms with van der Waals surface area (Å²) in [6.07, 6.45) is 0.0680. The van der Waals surface area contributed by atoms with Gasteiger partial charge in [-0.25, -0.2) is 14.4 Å². The lowest BCUT2D eigenvalue weighted by Crippen LogP contribution is -2.38. The van der Waals surface area contributed by atoms with E-state index in [4.69, 9.17) is 0 Å². The smallest absolute Gasteiger partial charge is 0.289 e. The first kappa shape index (κ1) is 16.3. The number of carbonyl (C=O) groups is 1. The molecule has 8 nitrogen and oxygen atoms in total. The SMILES string of the molecule is CC1=NC(N2CC3CN(c4cc(C)nc5ccnn45)CC3C2)=NC(=O)C1F. The van der Waals surface area contributed by atoms with Gasteiger partial charge in [-0.1, -0.05) is 0 Å². The van der Waals surface area contributed by atoms with E-state index in [9.17, 15) is 9.18 Å². The Balaban J connectivity index is 1.35. The summed E-state index contributed by atoms with van der Waals surface area (Å²) >= 11 is 0. The first-order valence-electron chi connectivity index (χ1n) is 9.12. The quantitative estimate of drug-likeness (QED) is 0.752. The molecule has 0 saturated carbocycles. The number of likely N-dealkylation sites (tertiary alicyclic amines) is 1. The number of aliphatic imine (C=N–C) groups is 2. The number of aromatic nitrogens is 3. The molecule has 5 rings (SSSR count). The summed E-state index contributed by atoms with van der Waals surface area (Å²) in [5, 5.41) is 4.40. The molecule has 0 bridgehead atoms. The number of nitrogens with zero attached hydrogens (tertiary/aromatic N) is 7. The van der Waals surface area contributed by atoms with E-state index in [2.05, 4.69) is 31.0 Å². The van der Waals surface area contributed by atoms with Crippen LogP contribution >= 0.6 is 0 Å². The highest BCUT2D eigenvalue weighted by molar-refractivity contribution is 6.16. The maximum Gasteiger partial charge on any atom is 0.289 e. The molecule has 1 amide bonds. The third-order valence-electron chi connectivity index (χ3n) is 5.63. The van der Waals surface area contributed by atoms with Crippen molar-refractivity contribution in [1.82, 2.24) is 19.5 Å². The largest absolute Gasteiger partial charge is 0.356 e. The number of hydrogen-bond donors (Lipinski definition) is 0. The minimum Gasteiger partial charge on any atom is -0.356 e. The number of amides is 1. The molecule has 0 spiro atoms. The minimum absolute atomic E-state index is 0.192. The molecule has 3 atom stereocenters. The Labute approximate surface area is 155 Å². The third-order valence-corrected chi connectivity index (χ3v) is 5.63. The Morgan fingerprint density at radius 1 is 1.07 bits per heavy atom. The van der Waals surface area contributed by atoms with Gasteiger partial charge in [-0.2, -0.15) is 14.6 Å². The molecule has 2 aromatic heterocycles. The highest BCUT2D eigenvalue weighted by Gasteiger charge is 2.42. The van der Waals surface area contributed by atoms with Gasteiger partial charge in [-0.15, -0.1) is 0 Å². The molecule has 0 radical (unpaired) electrons. The fourth-order valence-corrected chi connectivity index (χ4v) is 4.30. The van der Waals surface area contributed by atoms with Crippen molar-refractivity contribution in [2.24, 2.45) is 21.8 Å². The standard InChI is InChI=1S/C18H20FN7O/c1-10-5-15(26-14(21-10)3-4-20-26)24-6-12-8-25(9-13(12)7-24)18-22-11(2)16(19)17(27)23-18/h3-5,12-13,16H,6-9H2,1-2H3. The van der Waals surface area contributed by atoms with Crippen LogP contribution < -0.4 is 4.90 Å². The number of halogens is 1. The molecule has 27 heavy (non-hydrogen) atoms. The molecule has 140 valence electrons. The van der Waals surface area contributed by atoms with Crippen LogP contribution in [0.25, 0.3) is 5.65 Å².